The van der Waals surface area contributed by atoms with Crippen LogP contribution in [0.15, 0.2) is 55.0 Å². The second-order valence-electron chi connectivity index (χ2n) is 6.47. The van der Waals surface area contributed by atoms with Crippen molar-refractivity contribution in [1.29, 1.82) is 0 Å². The van der Waals surface area contributed by atoms with Gasteiger partial charge in [0.2, 0.25) is 0 Å². The number of nitrogens with zero attached hydrogens (tertiary/aromatic N) is 2. The highest BCUT2D eigenvalue weighted by Gasteiger charge is 2.12. The van der Waals surface area contributed by atoms with Gasteiger partial charge in [-0.1, -0.05) is 30.7 Å². The van der Waals surface area contributed by atoms with Crippen LogP contribution in [0.5, 0.6) is 0 Å². The van der Waals surface area contributed by atoms with Crippen LogP contribution in [-0.4, -0.2) is 9.55 Å². The van der Waals surface area contributed by atoms with Crippen LogP contribution in [0.2, 0.25) is 5.02 Å². The van der Waals surface area contributed by atoms with Crippen molar-refractivity contribution >= 4 is 17.4 Å². The highest BCUT2D eigenvalue weighted by molar-refractivity contribution is 6.31. The predicted molar refractivity (Wildman–Crippen MR) is 105 cm³/mol. The fourth-order valence-electron chi connectivity index (χ4n) is 2.97. The highest BCUT2D eigenvalue weighted by Crippen LogP contribution is 2.26. The Hall–Kier alpha value is -2.26. The Kier molecular flexibility index (Phi) is 5.44. The first-order valence-corrected chi connectivity index (χ1v) is 9.03. The zero-order chi connectivity index (χ0) is 17.8. The number of benzene rings is 1. The molecule has 3 rings (SSSR count). The van der Waals surface area contributed by atoms with Crippen molar-refractivity contribution in [3.05, 3.63) is 82.3 Å². The predicted octanol–water partition coefficient (Wildman–Crippen LogP) is 5.76. The molecule has 0 saturated heterocycles. The minimum absolute atomic E-state index is 0.214. The molecule has 0 fully saturated rings. The Bertz CT molecular complexity index is 840. The number of rotatable bonds is 6. The topological polar surface area (TPSA) is 29.9 Å². The summed E-state index contributed by atoms with van der Waals surface area (Å²) >= 11 is 6.16. The van der Waals surface area contributed by atoms with Crippen LogP contribution in [0.4, 0.5) is 5.82 Å². The summed E-state index contributed by atoms with van der Waals surface area (Å²) in [4.78, 5) is 4.58. The normalized spacial score (nSPS) is 12.2. The van der Waals surface area contributed by atoms with Gasteiger partial charge in [-0.15, -0.1) is 0 Å². The Balaban J connectivity index is 1.81. The van der Waals surface area contributed by atoms with Crippen molar-refractivity contribution < 1.29 is 0 Å². The van der Waals surface area contributed by atoms with Gasteiger partial charge < -0.3 is 9.88 Å². The number of hydrogen-bond donors (Lipinski definition) is 1. The van der Waals surface area contributed by atoms with Crippen LogP contribution in [0.3, 0.4) is 0 Å². The molecule has 0 aliphatic rings. The van der Waals surface area contributed by atoms with E-state index in [9.17, 15) is 0 Å². The molecular formula is C21H24ClN3. The van der Waals surface area contributed by atoms with Gasteiger partial charge in [-0.05, 0) is 66.8 Å². The maximum atomic E-state index is 6.16. The van der Waals surface area contributed by atoms with Crippen molar-refractivity contribution in [1.82, 2.24) is 9.55 Å². The molecule has 2 aromatic heterocycles. The number of aromatic nitrogens is 2. The Morgan fingerprint density at radius 3 is 2.56 bits per heavy atom. The van der Waals surface area contributed by atoms with Gasteiger partial charge in [0, 0.05) is 30.2 Å². The van der Waals surface area contributed by atoms with Gasteiger partial charge in [-0.25, -0.2) is 4.98 Å². The van der Waals surface area contributed by atoms with E-state index in [1.807, 2.05) is 31.3 Å². The summed E-state index contributed by atoms with van der Waals surface area (Å²) in [6.45, 7) is 7.18. The monoisotopic (exact) mass is 353 g/mol. The van der Waals surface area contributed by atoms with Gasteiger partial charge in [0.25, 0.3) is 0 Å². The van der Waals surface area contributed by atoms with Crippen molar-refractivity contribution in [3.63, 3.8) is 0 Å². The zero-order valence-electron chi connectivity index (χ0n) is 15.0. The maximum Gasteiger partial charge on any atom is 0.126 e. The lowest BCUT2D eigenvalue weighted by molar-refractivity contribution is 0.741. The van der Waals surface area contributed by atoms with E-state index in [-0.39, 0.29) is 6.04 Å². The lowest BCUT2D eigenvalue weighted by Gasteiger charge is -2.20. The number of aryl methyl sites for hydroxylation is 2. The molecule has 0 amide bonds. The summed E-state index contributed by atoms with van der Waals surface area (Å²) in [6.07, 6.45) is 7.08. The summed E-state index contributed by atoms with van der Waals surface area (Å²) in [5.41, 5.74) is 4.81. The number of pyridine rings is 1. The van der Waals surface area contributed by atoms with E-state index in [0.29, 0.717) is 0 Å². The molecule has 2 heterocycles. The summed E-state index contributed by atoms with van der Waals surface area (Å²) in [5, 5.41) is 4.38. The molecule has 1 aromatic carbocycles. The molecule has 0 spiro atoms. The average molecular weight is 354 g/mol. The van der Waals surface area contributed by atoms with E-state index in [2.05, 4.69) is 59.3 Å². The van der Waals surface area contributed by atoms with Gasteiger partial charge in [0.1, 0.15) is 5.82 Å². The van der Waals surface area contributed by atoms with Crippen LogP contribution in [-0.2, 0) is 6.54 Å². The molecule has 1 N–H and O–H groups in total. The molecule has 0 aliphatic heterocycles. The average Bonchev–Trinajstić information content (AvgIpc) is 3.11. The molecular weight excluding hydrogens is 330 g/mol. The largest absolute Gasteiger partial charge is 0.363 e. The molecule has 0 bridgehead atoms. The van der Waals surface area contributed by atoms with E-state index >= 15 is 0 Å². The third-order valence-electron chi connectivity index (χ3n) is 4.55. The first kappa shape index (κ1) is 17.6. The summed E-state index contributed by atoms with van der Waals surface area (Å²) < 4.78 is 2.17. The van der Waals surface area contributed by atoms with Gasteiger partial charge in [0.15, 0.2) is 0 Å². The summed E-state index contributed by atoms with van der Waals surface area (Å²) in [7, 11) is 0. The standard InChI is InChI=1S/C21H24ClN3/c1-4-20(17-7-8-19(22)15(2)11-17)24-21-12-18(16(3)13-23-21)14-25-9-5-6-10-25/h5-13,20H,4,14H2,1-3H3,(H,23,24)/t20-/m1/s1. The quantitative estimate of drug-likeness (QED) is 0.610. The fourth-order valence-corrected chi connectivity index (χ4v) is 3.09. The lowest BCUT2D eigenvalue weighted by atomic mass is 10.0. The molecule has 3 aromatic rings. The first-order valence-electron chi connectivity index (χ1n) is 8.65. The second-order valence-corrected chi connectivity index (χ2v) is 6.87. The lowest BCUT2D eigenvalue weighted by Crippen LogP contribution is -2.12. The number of nitrogens with one attached hydrogen (secondary N) is 1. The Labute approximate surface area is 154 Å². The second kappa shape index (κ2) is 7.75. The fraction of sp³-hybridized carbons (Fsp3) is 0.286. The molecule has 4 heteroatoms. The van der Waals surface area contributed by atoms with Crippen molar-refractivity contribution in [2.24, 2.45) is 0 Å². The van der Waals surface area contributed by atoms with Crippen LogP contribution in [0.25, 0.3) is 0 Å². The molecule has 1 atom stereocenters. The van der Waals surface area contributed by atoms with Crippen LogP contribution in [0.1, 0.15) is 41.6 Å². The molecule has 0 radical (unpaired) electrons. The van der Waals surface area contributed by atoms with Gasteiger partial charge >= 0.3 is 0 Å². The molecule has 0 unspecified atom stereocenters. The third kappa shape index (κ3) is 4.23. The van der Waals surface area contributed by atoms with Crippen molar-refractivity contribution in [3.8, 4) is 0 Å². The van der Waals surface area contributed by atoms with Gasteiger partial charge in [0.05, 0.1) is 6.04 Å². The highest BCUT2D eigenvalue weighted by atomic mass is 35.5. The minimum atomic E-state index is 0.214. The molecule has 25 heavy (non-hydrogen) atoms. The van der Waals surface area contributed by atoms with E-state index in [0.717, 1.165) is 29.4 Å². The molecule has 130 valence electrons. The van der Waals surface area contributed by atoms with E-state index in [4.69, 9.17) is 11.6 Å². The summed E-state index contributed by atoms with van der Waals surface area (Å²) in [6, 6.07) is 12.7. The van der Waals surface area contributed by atoms with Gasteiger partial charge in [-0.2, -0.15) is 0 Å². The number of anilines is 1. The molecule has 0 aliphatic carbocycles. The zero-order valence-corrected chi connectivity index (χ0v) is 15.7. The Morgan fingerprint density at radius 1 is 1.12 bits per heavy atom. The molecule has 0 saturated carbocycles. The van der Waals surface area contributed by atoms with Crippen molar-refractivity contribution in [2.45, 2.75) is 39.8 Å². The van der Waals surface area contributed by atoms with Crippen LogP contribution >= 0.6 is 11.6 Å². The number of hydrogen-bond acceptors (Lipinski definition) is 2. The molecule has 3 nitrogen and oxygen atoms in total. The van der Waals surface area contributed by atoms with Crippen molar-refractivity contribution in [2.75, 3.05) is 5.32 Å². The van der Waals surface area contributed by atoms with E-state index in [1.54, 1.807) is 0 Å². The third-order valence-corrected chi connectivity index (χ3v) is 4.97. The Morgan fingerprint density at radius 2 is 1.88 bits per heavy atom. The summed E-state index contributed by atoms with van der Waals surface area (Å²) in [5.74, 6) is 0.909. The SMILES string of the molecule is CC[C@@H](Nc1cc(Cn2cccc2)c(C)cn1)c1ccc(Cl)c(C)c1. The maximum absolute atomic E-state index is 6.16. The number of halogens is 1. The smallest absolute Gasteiger partial charge is 0.126 e. The van der Waals surface area contributed by atoms with E-state index < -0.39 is 0 Å². The minimum Gasteiger partial charge on any atom is -0.363 e. The van der Waals surface area contributed by atoms with Crippen LogP contribution in [0, 0.1) is 13.8 Å². The van der Waals surface area contributed by atoms with Crippen LogP contribution < -0.4 is 5.32 Å². The van der Waals surface area contributed by atoms with E-state index in [1.165, 1.54) is 16.7 Å². The first-order chi connectivity index (χ1) is 12.1. The van der Waals surface area contributed by atoms with Gasteiger partial charge in [-0.3, -0.25) is 0 Å².